The first-order valence-corrected chi connectivity index (χ1v) is 4.82. The smallest absolute Gasteiger partial charge is 0.0797 e. The van der Waals surface area contributed by atoms with E-state index in [1.807, 2.05) is 12.6 Å². The third-order valence-corrected chi connectivity index (χ3v) is 2.68. The molecule has 3 heteroatoms. The molecule has 1 aromatic rings. The maximum absolute atomic E-state index is 4.30. The first-order chi connectivity index (χ1) is 5.38. The van der Waals surface area contributed by atoms with Gasteiger partial charge in [0, 0.05) is 17.8 Å². The van der Waals surface area contributed by atoms with Gasteiger partial charge in [-0.3, -0.25) is 0 Å². The Balaban J connectivity index is 2.54. The molecular formula is C8H14N2S. The molecule has 0 bridgehead atoms. The normalized spacial score (nSPS) is 10.4. The van der Waals surface area contributed by atoms with Crippen LogP contribution in [0.1, 0.15) is 17.5 Å². The third kappa shape index (κ3) is 2.27. The van der Waals surface area contributed by atoms with Gasteiger partial charge in [0.25, 0.3) is 0 Å². The zero-order valence-electron chi connectivity index (χ0n) is 7.05. The van der Waals surface area contributed by atoms with E-state index in [0.29, 0.717) is 0 Å². The largest absolute Gasteiger partial charge is 0.319 e. The third-order valence-electron chi connectivity index (χ3n) is 1.66. The van der Waals surface area contributed by atoms with Crippen LogP contribution in [-0.2, 0) is 12.8 Å². The van der Waals surface area contributed by atoms with Crippen LogP contribution >= 0.6 is 11.3 Å². The predicted octanol–water partition coefficient (Wildman–Crippen LogP) is 1.47. The fraction of sp³-hybridized carbons (Fsp3) is 0.625. The van der Waals surface area contributed by atoms with Crippen LogP contribution in [0, 0.1) is 0 Å². The highest BCUT2D eigenvalue weighted by atomic mass is 32.1. The van der Waals surface area contributed by atoms with E-state index in [1.165, 1.54) is 10.6 Å². The Bertz CT molecular complexity index is 208. The minimum absolute atomic E-state index is 1.02. The van der Waals surface area contributed by atoms with Gasteiger partial charge in [-0.15, -0.1) is 11.3 Å². The molecule has 62 valence electrons. The summed E-state index contributed by atoms with van der Waals surface area (Å²) in [5.74, 6) is 0. The average molecular weight is 170 g/mol. The van der Waals surface area contributed by atoms with Crippen LogP contribution in [0.25, 0.3) is 0 Å². The summed E-state index contributed by atoms with van der Waals surface area (Å²) in [6.45, 7) is 3.20. The van der Waals surface area contributed by atoms with Crippen molar-refractivity contribution in [2.75, 3.05) is 13.6 Å². The molecule has 1 N–H and O–H groups in total. The average Bonchev–Trinajstić information content (AvgIpc) is 2.47. The lowest BCUT2D eigenvalue weighted by Gasteiger charge is -1.97. The van der Waals surface area contributed by atoms with E-state index in [0.717, 1.165) is 19.4 Å². The Labute approximate surface area is 71.7 Å². The number of nitrogens with zero attached hydrogens (tertiary/aromatic N) is 1. The number of likely N-dealkylation sites (N-methyl/N-ethyl adjacent to an activating group) is 1. The van der Waals surface area contributed by atoms with Gasteiger partial charge in [-0.05, 0) is 13.5 Å². The van der Waals surface area contributed by atoms with Crippen molar-refractivity contribution in [2.45, 2.75) is 19.8 Å². The highest BCUT2D eigenvalue weighted by molar-refractivity contribution is 7.09. The van der Waals surface area contributed by atoms with E-state index >= 15 is 0 Å². The fourth-order valence-electron chi connectivity index (χ4n) is 1.03. The maximum Gasteiger partial charge on any atom is 0.0797 e. The summed E-state index contributed by atoms with van der Waals surface area (Å²) >= 11 is 1.76. The van der Waals surface area contributed by atoms with Crippen molar-refractivity contribution >= 4 is 11.3 Å². The standard InChI is InChI=1S/C8H14N2S/c1-3-8-7(4-5-9-2)10-6-11-8/h6,9H,3-5H2,1-2H3. The summed E-state index contributed by atoms with van der Waals surface area (Å²) in [4.78, 5) is 5.73. The van der Waals surface area contributed by atoms with E-state index in [9.17, 15) is 0 Å². The Morgan fingerprint density at radius 3 is 3.09 bits per heavy atom. The molecular weight excluding hydrogens is 156 g/mol. The monoisotopic (exact) mass is 170 g/mol. The van der Waals surface area contributed by atoms with Crippen LogP contribution in [-0.4, -0.2) is 18.6 Å². The van der Waals surface area contributed by atoms with Crippen LogP contribution in [0.5, 0.6) is 0 Å². The highest BCUT2D eigenvalue weighted by Crippen LogP contribution is 2.13. The van der Waals surface area contributed by atoms with Gasteiger partial charge in [0.15, 0.2) is 0 Å². The lowest BCUT2D eigenvalue weighted by atomic mass is 10.2. The molecule has 0 fully saturated rings. The number of thiazole rings is 1. The SMILES string of the molecule is CCc1scnc1CCNC. The van der Waals surface area contributed by atoms with E-state index in [1.54, 1.807) is 11.3 Å². The molecule has 0 unspecified atom stereocenters. The van der Waals surface area contributed by atoms with Crippen molar-refractivity contribution < 1.29 is 0 Å². The minimum Gasteiger partial charge on any atom is -0.319 e. The maximum atomic E-state index is 4.30. The predicted molar refractivity (Wildman–Crippen MR) is 49.1 cm³/mol. The molecule has 0 aliphatic rings. The summed E-state index contributed by atoms with van der Waals surface area (Å²) in [6.07, 6.45) is 2.17. The van der Waals surface area contributed by atoms with E-state index in [2.05, 4.69) is 17.2 Å². The molecule has 0 radical (unpaired) electrons. The summed E-state index contributed by atoms with van der Waals surface area (Å²) in [5.41, 5.74) is 3.20. The second kappa shape index (κ2) is 4.46. The molecule has 0 saturated heterocycles. The van der Waals surface area contributed by atoms with Crippen molar-refractivity contribution in [3.8, 4) is 0 Å². The highest BCUT2D eigenvalue weighted by Gasteiger charge is 2.01. The number of aryl methyl sites for hydroxylation is 1. The van der Waals surface area contributed by atoms with Crippen LogP contribution in [0.2, 0.25) is 0 Å². The van der Waals surface area contributed by atoms with Crippen molar-refractivity contribution in [3.63, 3.8) is 0 Å². The minimum atomic E-state index is 1.02. The first-order valence-electron chi connectivity index (χ1n) is 3.94. The topological polar surface area (TPSA) is 24.9 Å². The Morgan fingerprint density at radius 1 is 1.64 bits per heavy atom. The Morgan fingerprint density at radius 2 is 2.45 bits per heavy atom. The van der Waals surface area contributed by atoms with Gasteiger partial charge in [0.05, 0.1) is 11.2 Å². The van der Waals surface area contributed by atoms with Crippen LogP contribution in [0.3, 0.4) is 0 Å². The summed E-state index contributed by atoms with van der Waals surface area (Å²) in [7, 11) is 1.97. The molecule has 1 heterocycles. The Kier molecular flexibility index (Phi) is 3.52. The molecule has 0 spiro atoms. The van der Waals surface area contributed by atoms with Gasteiger partial charge in [-0.2, -0.15) is 0 Å². The summed E-state index contributed by atoms with van der Waals surface area (Å²) < 4.78 is 0. The van der Waals surface area contributed by atoms with Crippen molar-refractivity contribution in [1.82, 2.24) is 10.3 Å². The van der Waals surface area contributed by atoms with E-state index < -0.39 is 0 Å². The van der Waals surface area contributed by atoms with Gasteiger partial charge in [0.2, 0.25) is 0 Å². The van der Waals surface area contributed by atoms with Crippen LogP contribution in [0.4, 0.5) is 0 Å². The van der Waals surface area contributed by atoms with Crippen molar-refractivity contribution in [3.05, 3.63) is 16.1 Å². The summed E-state index contributed by atoms with van der Waals surface area (Å²) in [5, 5.41) is 3.12. The van der Waals surface area contributed by atoms with Crippen LogP contribution in [0.15, 0.2) is 5.51 Å². The molecule has 0 aromatic carbocycles. The van der Waals surface area contributed by atoms with E-state index in [4.69, 9.17) is 0 Å². The molecule has 2 nitrogen and oxygen atoms in total. The molecule has 1 aromatic heterocycles. The zero-order valence-corrected chi connectivity index (χ0v) is 7.87. The zero-order chi connectivity index (χ0) is 8.10. The van der Waals surface area contributed by atoms with Crippen LogP contribution < -0.4 is 5.32 Å². The van der Waals surface area contributed by atoms with Crippen molar-refractivity contribution in [1.29, 1.82) is 0 Å². The second-order valence-electron chi connectivity index (χ2n) is 2.43. The van der Waals surface area contributed by atoms with Crippen molar-refractivity contribution in [2.24, 2.45) is 0 Å². The molecule has 0 saturated carbocycles. The quantitative estimate of drug-likeness (QED) is 0.740. The lowest BCUT2D eigenvalue weighted by Crippen LogP contribution is -2.11. The van der Waals surface area contributed by atoms with Gasteiger partial charge in [-0.25, -0.2) is 4.98 Å². The molecule has 0 aliphatic heterocycles. The molecule has 11 heavy (non-hydrogen) atoms. The number of nitrogens with one attached hydrogen (secondary N) is 1. The van der Waals surface area contributed by atoms with Gasteiger partial charge >= 0.3 is 0 Å². The molecule has 0 aliphatic carbocycles. The number of aromatic nitrogens is 1. The second-order valence-corrected chi connectivity index (χ2v) is 3.37. The number of hydrogen-bond acceptors (Lipinski definition) is 3. The van der Waals surface area contributed by atoms with E-state index in [-0.39, 0.29) is 0 Å². The molecule has 0 amide bonds. The molecule has 1 rings (SSSR count). The fourth-order valence-corrected chi connectivity index (χ4v) is 1.79. The summed E-state index contributed by atoms with van der Waals surface area (Å²) in [6, 6.07) is 0. The van der Waals surface area contributed by atoms with Gasteiger partial charge < -0.3 is 5.32 Å². The number of hydrogen-bond donors (Lipinski definition) is 1. The van der Waals surface area contributed by atoms with Gasteiger partial charge in [-0.1, -0.05) is 6.92 Å². The van der Waals surface area contributed by atoms with Gasteiger partial charge in [0.1, 0.15) is 0 Å². The lowest BCUT2D eigenvalue weighted by molar-refractivity contribution is 0.774. The number of rotatable bonds is 4. The Hall–Kier alpha value is -0.410. The first kappa shape index (κ1) is 8.68. The molecule has 0 atom stereocenters.